The number of aliphatic hydroxyl groups excluding tert-OH is 1. The summed E-state index contributed by atoms with van der Waals surface area (Å²) in [6.45, 7) is 1.09. The van der Waals surface area contributed by atoms with Crippen LogP contribution in [0.25, 0.3) is 0 Å². The molecule has 1 aromatic carbocycles. The van der Waals surface area contributed by atoms with E-state index in [9.17, 15) is 19.8 Å². The van der Waals surface area contributed by atoms with Crippen molar-refractivity contribution in [3.05, 3.63) is 29.8 Å². The van der Waals surface area contributed by atoms with Crippen molar-refractivity contribution in [1.29, 1.82) is 0 Å². The summed E-state index contributed by atoms with van der Waals surface area (Å²) < 4.78 is 9.68. The summed E-state index contributed by atoms with van der Waals surface area (Å²) in [5.41, 5.74) is -1.13. The van der Waals surface area contributed by atoms with E-state index in [-0.39, 0.29) is 30.9 Å². The minimum Gasteiger partial charge on any atom is -0.445 e. The van der Waals surface area contributed by atoms with E-state index in [2.05, 4.69) is 5.32 Å². The van der Waals surface area contributed by atoms with Crippen LogP contribution in [0, 0.1) is 11.8 Å². The summed E-state index contributed by atoms with van der Waals surface area (Å²) in [7, 11) is 0. The fourth-order valence-electron chi connectivity index (χ4n) is 6.30. The maximum Gasteiger partial charge on any atom is 0.410 e. The molecule has 2 amide bonds. The second-order valence-electron chi connectivity index (χ2n) is 9.54. The largest absolute Gasteiger partial charge is 0.445 e. The number of hydrogen-bond acceptors (Lipinski definition) is 6. The van der Waals surface area contributed by atoms with Gasteiger partial charge in [-0.25, -0.2) is 4.79 Å². The number of benzene rings is 1. The molecule has 6 rings (SSSR count). The molecule has 5 aliphatic rings. The summed E-state index contributed by atoms with van der Waals surface area (Å²) in [6, 6.07) is 6.96. The van der Waals surface area contributed by atoms with Crippen molar-refractivity contribution >= 4 is 52.5 Å². The first-order valence-electron chi connectivity index (χ1n) is 10.9. The van der Waals surface area contributed by atoms with Gasteiger partial charge in [0.15, 0.2) is 0 Å². The molecule has 3 N–H and O–H groups in total. The SMILES string of the molecule is CC(O)C1(O)CN(C(=O)OCC(Cl)(Cl)Cl)[C@H]2C[C@@]3(C(=O)Nc4ccccc43)[C@@H]3C[C@@H]1[C@@H]2CO3. The number of carbonyl (C=O) groups is 2. The Bertz CT molecular complexity index is 987. The van der Waals surface area contributed by atoms with Crippen molar-refractivity contribution in [3.8, 4) is 0 Å². The van der Waals surface area contributed by atoms with Crippen LogP contribution in [0.2, 0.25) is 0 Å². The van der Waals surface area contributed by atoms with Gasteiger partial charge in [0.2, 0.25) is 9.70 Å². The highest BCUT2D eigenvalue weighted by Crippen LogP contribution is 2.57. The Morgan fingerprint density at radius 1 is 1.39 bits per heavy atom. The van der Waals surface area contributed by atoms with Gasteiger partial charge in [-0.3, -0.25) is 4.79 Å². The van der Waals surface area contributed by atoms with Gasteiger partial charge in [-0.05, 0) is 31.4 Å². The molecule has 0 aromatic heterocycles. The molecule has 2 unspecified atom stereocenters. The van der Waals surface area contributed by atoms with Crippen LogP contribution in [0.3, 0.4) is 0 Å². The average Bonchev–Trinajstić information content (AvgIpc) is 2.87. The van der Waals surface area contributed by atoms with Gasteiger partial charge >= 0.3 is 6.09 Å². The number of nitrogens with one attached hydrogen (secondary N) is 1. The number of fused-ring (bicyclic) bond motifs is 2. The molecule has 3 saturated heterocycles. The number of aliphatic hydroxyl groups is 2. The lowest BCUT2D eigenvalue weighted by Gasteiger charge is -2.54. The number of carbonyl (C=O) groups excluding carboxylic acids is 2. The number of rotatable bonds is 2. The lowest BCUT2D eigenvalue weighted by Crippen LogP contribution is -2.68. The van der Waals surface area contributed by atoms with Gasteiger partial charge < -0.3 is 29.9 Å². The molecule has 1 aromatic rings. The van der Waals surface area contributed by atoms with Gasteiger partial charge in [-0.2, -0.15) is 0 Å². The van der Waals surface area contributed by atoms with Crippen LogP contribution < -0.4 is 5.32 Å². The summed E-state index contributed by atoms with van der Waals surface area (Å²) in [5.74, 6) is -0.884. The van der Waals surface area contributed by atoms with Crippen molar-refractivity contribution < 1.29 is 29.3 Å². The van der Waals surface area contributed by atoms with E-state index < -0.39 is 45.8 Å². The second-order valence-corrected chi connectivity index (χ2v) is 12.1. The molecule has 1 saturated carbocycles. The van der Waals surface area contributed by atoms with Gasteiger partial charge in [0.05, 0.1) is 25.4 Å². The van der Waals surface area contributed by atoms with E-state index in [1.165, 1.54) is 11.8 Å². The Balaban J connectivity index is 1.60. The number of anilines is 1. The average molecular weight is 520 g/mol. The van der Waals surface area contributed by atoms with E-state index in [0.717, 1.165) is 5.56 Å². The third kappa shape index (κ3) is 3.53. The molecule has 8 nitrogen and oxygen atoms in total. The molecule has 4 bridgehead atoms. The van der Waals surface area contributed by atoms with E-state index in [4.69, 9.17) is 44.3 Å². The van der Waals surface area contributed by atoms with E-state index in [0.29, 0.717) is 18.5 Å². The standard InChI is InChI=1S/C22H25Cl3N2O6/c1-11(28)21(31)9-27(19(30)33-10-22(23,24)25)16-7-20(17-6-14(21)12(16)8-32-17)13-4-2-3-5-15(13)26-18(20)29/h2-5,11-12,14,16-17,28,31H,6-10H2,1H3,(H,26,29)/t11?,12-,14+,16-,17-,20-,21?/m0/s1. The number of likely N-dealkylation sites (tertiary alicyclic amines) is 1. The Labute approximate surface area is 206 Å². The number of alkyl halides is 3. The van der Waals surface area contributed by atoms with Crippen molar-refractivity contribution in [2.45, 2.75) is 52.8 Å². The normalized spacial score (nSPS) is 38.0. The highest BCUT2D eigenvalue weighted by Gasteiger charge is 2.67. The Kier molecular flexibility index (Phi) is 5.59. The van der Waals surface area contributed by atoms with Gasteiger partial charge in [0, 0.05) is 23.6 Å². The number of amides is 2. The second kappa shape index (κ2) is 7.86. The Morgan fingerprint density at radius 2 is 2.12 bits per heavy atom. The molecule has 1 spiro atoms. The van der Waals surface area contributed by atoms with Gasteiger partial charge in [-0.15, -0.1) is 0 Å². The molecule has 4 heterocycles. The number of piperidine rings is 1. The molecule has 7 atom stereocenters. The van der Waals surface area contributed by atoms with Gasteiger partial charge in [0.1, 0.15) is 17.6 Å². The number of para-hydroxylation sites is 1. The van der Waals surface area contributed by atoms with Crippen LogP contribution in [0.1, 0.15) is 25.3 Å². The minimum atomic E-state index is -1.80. The number of halogens is 3. The van der Waals surface area contributed by atoms with Crippen LogP contribution in [0.5, 0.6) is 0 Å². The monoisotopic (exact) mass is 518 g/mol. The summed E-state index contributed by atoms with van der Waals surface area (Å²) in [5, 5.41) is 25.2. The molecule has 33 heavy (non-hydrogen) atoms. The molecule has 180 valence electrons. The first-order chi connectivity index (χ1) is 15.5. The van der Waals surface area contributed by atoms with Crippen LogP contribution in [0.4, 0.5) is 10.5 Å². The lowest BCUT2D eigenvalue weighted by molar-refractivity contribution is -0.202. The first kappa shape index (κ1) is 23.5. The zero-order valence-corrected chi connectivity index (χ0v) is 20.1. The molecule has 0 radical (unpaired) electrons. The maximum atomic E-state index is 13.5. The predicted octanol–water partition coefficient (Wildman–Crippen LogP) is 2.60. The topological polar surface area (TPSA) is 108 Å². The Hall–Kier alpha value is -1.29. The Morgan fingerprint density at radius 3 is 2.82 bits per heavy atom. The van der Waals surface area contributed by atoms with Gasteiger partial charge in [-0.1, -0.05) is 53.0 Å². The fourth-order valence-corrected chi connectivity index (χ4v) is 6.47. The molecule has 4 fully saturated rings. The molecular weight excluding hydrogens is 495 g/mol. The maximum absolute atomic E-state index is 13.5. The summed E-state index contributed by atoms with van der Waals surface area (Å²) >= 11 is 17.3. The highest BCUT2D eigenvalue weighted by molar-refractivity contribution is 6.67. The number of nitrogens with zero attached hydrogens (tertiary/aromatic N) is 1. The lowest BCUT2D eigenvalue weighted by atomic mass is 9.67. The zero-order chi connectivity index (χ0) is 23.8. The van der Waals surface area contributed by atoms with E-state index in [1.54, 1.807) is 0 Å². The molecule has 4 aliphatic heterocycles. The third-order valence-electron chi connectivity index (χ3n) is 7.89. The third-order valence-corrected chi connectivity index (χ3v) is 8.22. The first-order valence-corrected chi connectivity index (χ1v) is 12.0. The van der Waals surface area contributed by atoms with Gasteiger partial charge in [0.25, 0.3) is 0 Å². The van der Waals surface area contributed by atoms with Crippen LogP contribution >= 0.6 is 34.8 Å². The zero-order valence-electron chi connectivity index (χ0n) is 17.8. The predicted molar refractivity (Wildman–Crippen MR) is 121 cm³/mol. The fraction of sp³-hybridized carbons (Fsp3) is 0.636. The summed E-state index contributed by atoms with van der Waals surface area (Å²) in [6.07, 6.45) is -1.76. The van der Waals surface area contributed by atoms with Crippen LogP contribution in [-0.4, -0.2) is 74.5 Å². The number of β-amino-alcohol motifs (C(OH)–C–C–N with tert-alkyl or cyclic N) is 1. The van der Waals surface area contributed by atoms with Crippen LogP contribution in [-0.2, 0) is 19.7 Å². The minimum absolute atomic E-state index is 0.165. The van der Waals surface area contributed by atoms with E-state index in [1.807, 2.05) is 24.3 Å². The molecule has 1 aliphatic carbocycles. The van der Waals surface area contributed by atoms with Crippen molar-refractivity contribution in [1.82, 2.24) is 4.90 Å². The number of hydrogen-bond donors (Lipinski definition) is 3. The quantitative estimate of drug-likeness (QED) is 0.519. The van der Waals surface area contributed by atoms with Crippen molar-refractivity contribution in [2.24, 2.45) is 11.8 Å². The smallest absolute Gasteiger partial charge is 0.410 e. The molecular formula is C22H25Cl3N2O6. The number of ether oxygens (including phenoxy) is 2. The van der Waals surface area contributed by atoms with Crippen LogP contribution in [0.15, 0.2) is 24.3 Å². The molecule has 11 heteroatoms. The van der Waals surface area contributed by atoms with Crippen molar-refractivity contribution in [2.75, 3.05) is 25.1 Å². The van der Waals surface area contributed by atoms with E-state index >= 15 is 0 Å². The highest BCUT2D eigenvalue weighted by atomic mass is 35.6. The summed E-state index contributed by atoms with van der Waals surface area (Å²) in [4.78, 5) is 28.0. The van der Waals surface area contributed by atoms with Crippen molar-refractivity contribution in [3.63, 3.8) is 0 Å².